The third-order valence-electron chi connectivity index (χ3n) is 5.05. The molecule has 0 fully saturated rings. The van der Waals surface area contributed by atoms with E-state index in [1.54, 1.807) is 7.05 Å². The van der Waals surface area contributed by atoms with Gasteiger partial charge in [0.25, 0.3) is 10.0 Å². The molecule has 186 valence electrons. The van der Waals surface area contributed by atoms with Crippen LogP contribution in [0.3, 0.4) is 0 Å². The molecule has 0 aliphatic carbocycles. The molecule has 9 nitrogen and oxygen atoms in total. The zero-order chi connectivity index (χ0) is 25.5. The van der Waals surface area contributed by atoms with Crippen LogP contribution in [0.4, 0.5) is 14.9 Å². The van der Waals surface area contributed by atoms with Crippen molar-refractivity contribution in [3.05, 3.63) is 40.3 Å². The number of nitrogens with one attached hydrogen (secondary N) is 2. The van der Waals surface area contributed by atoms with Gasteiger partial charge in [0.05, 0.1) is 0 Å². The Labute approximate surface area is 223 Å². The summed E-state index contributed by atoms with van der Waals surface area (Å²) >= 11 is 0. The number of sulfonamides is 1. The topological polar surface area (TPSA) is 136 Å². The number of nitrogens with two attached hydrogens (primary N) is 1. The van der Waals surface area contributed by atoms with Gasteiger partial charge in [-0.25, -0.2) is 13.9 Å². The first kappa shape index (κ1) is 32.0. The maximum absolute atomic E-state index is 14.1. The van der Waals surface area contributed by atoms with Gasteiger partial charge in [-0.1, -0.05) is 41.5 Å². The van der Waals surface area contributed by atoms with Crippen LogP contribution in [0.1, 0.15) is 75.8 Å². The number of carbonyl (C=O) groups excluding carboxylic acids is 2. The van der Waals surface area contributed by atoms with E-state index in [-0.39, 0.29) is 52.8 Å². The van der Waals surface area contributed by atoms with Gasteiger partial charge in [-0.15, -0.1) is 0 Å². The van der Waals surface area contributed by atoms with E-state index < -0.39 is 21.9 Å². The van der Waals surface area contributed by atoms with Gasteiger partial charge in [0.2, 0.25) is 11.4 Å². The van der Waals surface area contributed by atoms with Crippen molar-refractivity contribution in [3.8, 4) is 0 Å². The molecule has 34 heavy (non-hydrogen) atoms. The Kier molecular flexibility index (Phi) is 13.0. The van der Waals surface area contributed by atoms with Gasteiger partial charge in [-0.3, -0.25) is 9.48 Å². The van der Waals surface area contributed by atoms with Crippen LogP contribution in [0.25, 0.3) is 0 Å². The number of benzene rings is 1. The van der Waals surface area contributed by atoms with Crippen LogP contribution in [-0.2, 0) is 34.7 Å². The van der Waals surface area contributed by atoms with Crippen molar-refractivity contribution in [2.24, 2.45) is 12.8 Å². The molecule has 1 heterocycles. The Balaban J connectivity index is 0.00000258. The van der Waals surface area contributed by atoms with Gasteiger partial charge < -0.3 is 11.1 Å². The number of aryl methyl sites for hydroxylation is 1. The maximum atomic E-state index is 14.1. The van der Waals surface area contributed by atoms with Gasteiger partial charge in [-0.05, 0) is 47.9 Å². The molecule has 0 spiro atoms. The summed E-state index contributed by atoms with van der Waals surface area (Å²) in [5.74, 6) is -0.534. The molecule has 0 bridgehead atoms. The Hall–Kier alpha value is -1.95. The summed E-state index contributed by atoms with van der Waals surface area (Å²) in [6.45, 7) is 11.3. The van der Waals surface area contributed by atoms with E-state index in [4.69, 9.17) is 4.79 Å². The van der Waals surface area contributed by atoms with Crippen molar-refractivity contribution >= 4 is 57.7 Å². The summed E-state index contributed by atoms with van der Waals surface area (Å²) < 4.78 is 43.4. The van der Waals surface area contributed by atoms with Crippen LogP contribution in [0.2, 0.25) is 0 Å². The summed E-state index contributed by atoms with van der Waals surface area (Å²) in [6.07, 6.45) is 1.35. The number of carbonyl (C=O) groups is 2. The predicted octanol–water partition coefficient (Wildman–Crippen LogP) is 2.89. The predicted molar refractivity (Wildman–Crippen MR) is 133 cm³/mol. The molecular weight excluding hydrogens is 472 g/mol. The molecule has 2 aromatic rings. The zero-order valence-corrected chi connectivity index (χ0v) is 21.0. The SMILES string of the molecule is CCc1c(S(=O)(=O)NC(=O)Nc2c(C(C)C)cc(F)cc2C(C)C)nn(C)c1CC.NC=O.[NaH]. The third kappa shape index (κ3) is 7.79. The molecule has 2 rings (SSSR count). The number of primary amides is 1. The molecule has 1 aromatic carbocycles. The molecule has 0 unspecified atom stereocenters. The molecule has 0 saturated carbocycles. The first-order valence-corrected chi connectivity index (χ1v) is 12.2. The number of urea groups is 1. The Morgan fingerprint density at radius 3 is 2.00 bits per heavy atom. The van der Waals surface area contributed by atoms with Crippen LogP contribution in [0.5, 0.6) is 0 Å². The number of anilines is 1. The molecular formula is C22H35FN5NaO4S. The van der Waals surface area contributed by atoms with Gasteiger partial charge in [0.15, 0.2) is 0 Å². The first-order valence-electron chi connectivity index (χ1n) is 10.7. The fourth-order valence-corrected chi connectivity index (χ4v) is 4.81. The van der Waals surface area contributed by atoms with Crippen molar-refractivity contribution in [1.29, 1.82) is 0 Å². The van der Waals surface area contributed by atoms with E-state index in [1.807, 2.05) is 41.5 Å². The molecule has 1 aromatic heterocycles. The van der Waals surface area contributed by atoms with Crippen LogP contribution in [0.15, 0.2) is 17.2 Å². The van der Waals surface area contributed by atoms with Gasteiger partial charge in [0, 0.05) is 24.0 Å². The van der Waals surface area contributed by atoms with E-state index in [0.717, 1.165) is 5.69 Å². The van der Waals surface area contributed by atoms with Crippen LogP contribution >= 0.6 is 0 Å². The van der Waals surface area contributed by atoms with Crippen molar-refractivity contribution in [2.45, 2.75) is 71.2 Å². The summed E-state index contributed by atoms with van der Waals surface area (Å²) in [5.41, 5.74) is 7.20. The van der Waals surface area contributed by atoms with Gasteiger partial charge in [-0.2, -0.15) is 13.5 Å². The fourth-order valence-electron chi connectivity index (χ4n) is 3.60. The number of amides is 3. The summed E-state index contributed by atoms with van der Waals surface area (Å²) in [5, 5.41) is 6.61. The Morgan fingerprint density at radius 2 is 1.62 bits per heavy atom. The van der Waals surface area contributed by atoms with E-state index >= 15 is 0 Å². The molecule has 12 heteroatoms. The quantitative estimate of drug-likeness (QED) is 0.391. The van der Waals surface area contributed by atoms with E-state index in [1.165, 1.54) is 16.8 Å². The number of nitrogens with zero attached hydrogens (tertiary/aromatic N) is 2. The van der Waals surface area contributed by atoms with E-state index in [9.17, 15) is 17.6 Å². The number of hydrogen-bond acceptors (Lipinski definition) is 5. The standard InChI is InChI=1S/C21H31FN4O3S.CH3NO.Na.H/c1-8-15-18(9-2)26(7)24-20(15)30(28,29)25-21(27)23-19-16(12(3)4)10-14(22)11-17(19)13(5)6;2-1-3;;/h10-13H,8-9H2,1-7H3,(H2,23,25,27);1H,(H2,2,3);;. The molecule has 0 saturated heterocycles. The molecule has 0 aliphatic heterocycles. The minimum atomic E-state index is -4.18. The summed E-state index contributed by atoms with van der Waals surface area (Å²) in [6, 6.07) is 1.82. The second-order valence-corrected chi connectivity index (χ2v) is 9.62. The number of halogens is 1. The second-order valence-electron chi connectivity index (χ2n) is 8.03. The normalized spacial score (nSPS) is 10.9. The van der Waals surface area contributed by atoms with E-state index in [0.29, 0.717) is 35.2 Å². The molecule has 0 atom stereocenters. The van der Waals surface area contributed by atoms with Gasteiger partial charge >= 0.3 is 35.6 Å². The number of rotatable bonds is 7. The Morgan fingerprint density at radius 1 is 1.15 bits per heavy atom. The fraction of sp³-hybridized carbons (Fsp3) is 0.500. The number of hydrogen-bond donors (Lipinski definition) is 3. The van der Waals surface area contributed by atoms with E-state index in [2.05, 4.69) is 20.9 Å². The van der Waals surface area contributed by atoms with Crippen molar-refractivity contribution in [1.82, 2.24) is 14.5 Å². The molecule has 3 amide bonds. The average molecular weight is 508 g/mol. The minimum absolute atomic E-state index is 0. The van der Waals surface area contributed by atoms with Crippen molar-refractivity contribution in [3.63, 3.8) is 0 Å². The van der Waals surface area contributed by atoms with Gasteiger partial charge in [0.1, 0.15) is 5.82 Å². The third-order valence-corrected chi connectivity index (χ3v) is 6.35. The van der Waals surface area contributed by atoms with Crippen molar-refractivity contribution in [2.75, 3.05) is 5.32 Å². The summed E-state index contributed by atoms with van der Waals surface area (Å²) in [7, 11) is -2.50. The molecule has 4 N–H and O–H groups in total. The van der Waals surface area contributed by atoms with Crippen LogP contribution < -0.4 is 15.8 Å². The number of aromatic nitrogens is 2. The monoisotopic (exact) mass is 507 g/mol. The average Bonchev–Trinajstić information content (AvgIpc) is 3.05. The van der Waals surface area contributed by atoms with Crippen molar-refractivity contribution < 1.29 is 22.4 Å². The summed E-state index contributed by atoms with van der Waals surface area (Å²) in [4.78, 5) is 21.3. The first-order chi connectivity index (χ1) is 15.3. The van der Waals surface area contributed by atoms with Crippen LogP contribution in [-0.4, -0.2) is 60.2 Å². The zero-order valence-electron chi connectivity index (χ0n) is 20.2. The molecule has 0 aliphatic rings. The molecule has 0 radical (unpaired) electrons. The Bertz CT molecular complexity index is 1070. The second kappa shape index (κ2) is 13.8. The van der Waals surface area contributed by atoms with Crippen LogP contribution in [0, 0.1) is 5.82 Å².